The van der Waals surface area contributed by atoms with Crippen molar-refractivity contribution >= 4 is 12.3 Å². The number of hydrogen-bond donors (Lipinski definition) is 0. The topological polar surface area (TPSA) is 76.4 Å². The Morgan fingerprint density at radius 3 is 2.56 bits per heavy atom. The van der Waals surface area contributed by atoms with Crippen molar-refractivity contribution in [1.29, 1.82) is 5.26 Å². The molecule has 1 rings (SSSR count). The summed E-state index contributed by atoms with van der Waals surface area (Å²) in [5.74, 6) is -0.418. The van der Waals surface area contributed by atoms with Gasteiger partial charge < -0.3 is 9.47 Å². The van der Waals surface area contributed by atoms with Gasteiger partial charge in [0.15, 0.2) is 6.29 Å². The fraction of sp³-hybridized carbons (Fsp3) is 0.182. The van der Waals surface area contributed by atoms with Gasteiger partial charge in [-0.2, -0.15) is 5.26 Å². The van der Waals surface area contributed by atoms with Crippen molar-refractivity contribution in [2.24, 2.45) is 0 Å². The van der Waals surface area contributed by atoms with Gasteiger partial charge in [-0.3, -0.25) is 4.79 Å². The van der Waals surface area contributed by atoms with E-state index in [-0.39, 0.29) is 22.4 Å². The second kappa shape index (κ2) is 4.94. The Hall–Kier alpha value is -2.35. The van der Waals surface area contributed by atoms with Gasteiger partial charge in [-0.25, -0.2) is 4.79 Å². The summed E-state index contributed by atoms with van der Waals surface area (Å²) in [5.41, 5.74) is 0.368. The van der Waals surface area contributed by atoms with Crippen molar-refractivity contribution in [3.8, 4) is 11.8 Å². The first kappa shape index (κ1) is 11.7. The van der Waals surface area contributed by atoms with Gasteiger partial charge in [0.25, 0.3) is 0 Å². The summed E-state index contributed by atoms with van der Waals surface area (Å²) in [4.78, 5) is 22.0. The summed E-state index contributed by atoms with van der Waals surface area (Å²) < 4.78 is 9.44. The van der Waals surface area contributed by atoms with Crippen LogP contribution in [0.15, 0.2) is 12.1 Å². The van der Waals surface area contributed by atoms with Gasteiger partial charge in [0.05, 0.1) is 19.8 Å². The highest BCUT2D eigenvalue weighted by atomic mass is 16.5. The maximum Gasteiger partial charge on any atom is 0.338 e. The van der Waals surface area contributed by atoms with E-state index in [9.17, 15) is 9.59 Å². The second-order valence-corrected chi connectivity index (χ2v) is 2.86. The normalized spacial score (nSPS) is 9.06. The van der Waals surface area contributed by atoms with E-state index in [1.807, 2.05) is 6.07 Å². The largest absolute Gasteiger partial charge is 0.495 e. The zero-order valence-electron chi connectivity index (χ0n) is 8.81. The molecule has 0 saturated heterocycles. The lowest BCUT2D eigenvalue weighted by atomic mass is 10.0. The molecular weight excluding hydrogens is 210 g/mol. The number of nitrogens with zero attached hydrogens (tertiary/aromatic N) is 1. The monoisotopic (exact) mass is 219 g/mol. The van der Waals surface area contributed by atoms with Crippen LogP contribution in [-0.2, 0) is 4.74 Å². The summed E-state index contributed by atoms with van der Waals surface area (Å²) in [5, 5.41) is 8.84. The average molecular weight is 219 g/mol. The zero-order chi connectivity index (χ0) is 12.1. The van der Waals surface area contributed by atoms with Crippen molar-refractivity contribution in [3.63, 3.8) is 0 Å². The minimum absolute atomic E-state index is 0.0993. The first-order valence-corrected chi connectivity index (χ1v) is 4.33. The molecule has 1 aromatic carbocycles. The van der Waals surface area contributed by atoms with Crippen molar-refractivity contribution in [3.05, 3.63) is 28.8 Å². The molecule has 0 spiro atoms. The summed E-state index contributed by atoms with van der Waals surface area (Å²) in [6.45, 7) is 0. The van der Waals surface area contributed by atoms with Gasteiger partial charge in [-0.1, -0.05) is 0 Å². The quantitative estimate of drug-likeness (QED) is 0.563. The third-order valence-electron chi connectivity index (χ3n) is 2.01. The number of carbonyl (C=O) groups is 2. The van der Waals surface area contributed by atoms with E-state index < -0.39 is 5.97 Å². The Labute approximate surface area is 92.2 Å². The number of nitriles is 1. The van der Waals surface area contributed by atoms with E-state index in [1.54, 1.807) is 0 Å². The minimum Gasteiger partial charge on any atom is -0.495 e. The number of benzene rings is 1. The van der Waals surface area contributed by atoms with Crippen LogP contribution in [0.5, 0.6) is 5.75 Å². The van der Waals surface area contributed by atoms with E-state index in [0.717, 1.165) is 0 Å². The summed E-state index contributed by atoms with van der Waals surface area (Å²) in [7, 11) is 2.58. The number of methoxy groups -OCH3 is 2. The van der Waals surface area contributed by atoms with Crippen LogP contribution in [0.4, 0.5) is 0 Å². The molecule has 1 aromatic rings. The molecule has 0 aliphatic carbocycles. The molecule has 16 heavy (non-hydrogen) atoms. The molecule has 0 saturated carbocycles. The van der Waals surface area contributed by atoms with Crippen molar-refractivity contribution in [1.82, 2.24) is 0 Å². The van der Waals surface area contributed by atoms with Crippen LogP contribution >= 0.6 is 0 Å². The Bertz CT molecular complexity index is 474. The lowest BCUT2D eigenvalue weighted by Gasteiger charge is -2.07. The van der Waals surface area contributed by atoms with Crippen LogP contribution in [0.2, 0.25) is 0 Å². The maximum absolute atomic E-state index is 11.3. The van der Waals surface area contributed by atoms with Crippen LogP contribution in [0.3, 0.4) is 0 Å². The summed E-state index contributed by atoms with van der Waals surface area (Å²) in [6, 6.07) is 4.49. The summed E-state index contributed by atoms with van der Waals surface area (Å²) >= 11 is 0. The SMILES string of the molecule is COC(=O)c1cc(C=O)c(C#N)c(OC)c1. The minimum atomic E-state index is -0.592. The number of aldehydes is 1. The fourth-order valence-electron chi connectivity index (χ4n) is 1.25. The molecule has 0 N–H and O–H groups in total. The van der Waals surface area contributed by atoms with E-state index in [0.29, 0.717) is 6.29 Å². The molecule has 0 amide bonds. The third-order valence-corrected chi connectivity index (χ3v) is 2.01. The Kier molecular flexibility index (Phi) is 3.62. The van der Waals surface area contributed by atoms with E-state index in [4.69, 9.17) is 10.00 Å². The Morgan fingerprint density at radius 1 is 1.44 bits per heavy atom. The second-order valence-electron chi connectivity index (χ2n) is 2.86. The highest BCUT2D eigenvalue weighted by molar-refractivity contribution is 5.93. The Morgan fingerprint density at radius 2 is 2.12 bits per heavy atom. The predicted molar refractivity (Wildman–Crippen MR) is 54.4 cm³/mol. The number of carbonyl (C=O) groups excluding carboxylic acids is 2. The van der Waals surface area contributed by atoms with Gasteiger partial charge in [0.1, 0.15) is 17.4 Å². The average Bonchev–Trinajstić information content (AvgIpc) is 2.35. The van der Waals surface area contributed by atoms with Gasteiger partial charge in [-0.15, -0.1) is 0 Å². The Balaban J connectivity index is 3.44. The first-order valence-electron chi connectivity index (χ1n) is 4.33. The zero-order valence-corrected chi connectivity index (χ0v) is 8.81. The molecule has 82 valence electrons. The summed E-state index contributed by atoms with van der Waals surface area (Å²) in [6.07, 6.45) is 0.494. The van der Waals surface area contributed by atoms with Gasteiger partial charge in [0, 0.05) is 5.56 Å². The number of rotatable bonds is 3. The van der Waals surface area contributed by atoms with Crippen LogP contribution in [0.1, 0.15) is 26.3 Å². The van der Waals surface area contributed by atoms with Gasteiger partial charge >= 0.3 is 5.97 Å². The molecule has 0 radical (unpaired) electrons. The molecular formula is C11H9NO4. The van der Waals surface area contributed by atoms with Crippen LogP contribution in [-0.4, -0.2) is 26.5 Å². The molecule has 5 nitrogen and oxygen atoms in total. The van der Waals surface area contributed by atoms with Crippen molar-refractivity contribution < 1.29 is 19.1 Å². The molecule has 0 aromatic heterocycles. The lowest BCUT2D eigenvalue weighted by Crippen LogP contribution is -2.04. The lowest BCUT2D eigenvalue weighted by molar-refractivity contribution is 0.0600. The maximum atomic E-state index is 11.3. The van der Waals surface area contributed by atoms with Crippen molar-refractivity contribution in [2.45, 2.75) is 0 Å². The smallest absolute Gasteiger partial charge is 0.338 e. The van der Waals surface area contributed by atoms with Crippen LogP contribution in [0, 0.1) is 11.3 Å². The molecule has 0 atom stereocenters. The van der Waals surface area contributed by atoms with E-state index >= 15 is 0 Å². The standard InChI is InChI=1S/C11H9NO4/c1-15-10-4-7(11(14)16-2)3-8(6-13)9(10)5-12/h3-4,6H,1-2H3. The van der Waals surface area contributed by atoms with Gasteiger partial charge in [-0.05, 0) is 12.1 Å². The fourth-order valence-corrected chi connectivity index (χ4v) is 1.25. The van der Waals surface area contributed by atoms with E-state index in [1.165, 1.54) is 26.4 Å². The number of hydrogen-bond acceptors (Lipinski definition) is 5. The third kappa shape index (κ3) is 2.01. The van der Waals surface area contributed by atoms with E-state index in [2.05, 4.69) is 4.74 Å². The molecule has 0 aliphatic heterocycles. The highest BCUT2D eigenvalue weighted by Crippen LogP contribution is 2.23. The molecule has 5 heteroatoms. The number of ether oxygens (including phenoxy) is 2. The molecule has 0 fully saturated rings. The van der Waals surface area contributed by atoms with Crippen molar-refractivity contribution in [2.75, 3.05) is 14.2 Å². The molecule has 0 heterocycles. The molecule has 0 unspecified atom stereocenters. The van der Waals surface area contributed by atoms with Crippen LogP contribution in [0.25, 0.3) is 0 Å². The van der Waals surface area contributed by atoms with Gasteiger partial charge in [0.2, 0.25) is 0 Å². The van der Waals surface area contributed by atoms with Crippen LogP contribution < -0.4 is 4.74 Å². The highest BCUT2D eigenvalue weighted by Gasteiger charge is 2.15. The predicted octanol–water partition coefficient (Wildman–Crippen LogP) is 1.17. The molecule has 0 aliphatic rings. The first-order chi connectivity index (χ1) is 7.67. The number of esters is 1. The molecule has 0 bridgehead atoms.